The van der Waals surface area contributed by atoms with Crippen molar-refractivity contribution in [2.75, 3.05) is 19.6 Å². The zero-order valence-corrected chi connectivity index (χ0v) is 22.8. The summed E-state index contributed by atoms with van der Waals surface area (Å²) in [6.07, 6.45) is 1.01. The Hall–Kier alpha value is 1.66. The van der Waals surface area contributed by atoms with Crippen LogP contribution in [0.25, 0.3) is 0 Å². The van der Waals surface area contributed by atoms with Gasteiger partial charge < -0.3 is 8.80 Å². The molecule has 23 heavy (non-hydrogen) atoms. The van der Waals surface area contributed by atoms with E-state index in [1.54, 1.807) is 0 Å². The second-order valence-electron chi connectivity index (χ2n) is 9.37. The maximum Gasteiger partial charge on any atom is 0.341 e. The van der Waals surface area contributed by atoms with Crippen LogP contribution in [0.5, 0.6) is 0 Å². The third kappa shape index (κ3) is 11.1. The summed E-state index contributed by atoms with van der Waals surface area (Å²) in [6.45, 7) is 25.5. The molecule has 0 radical (unpaired) electrons. The highest BCUT2D eigenvalue weighted by Gasteiger charge is 2.35. The third-order valence-electron chi connectivity index (χ3n) is 4.05. The van der Waals surface area contributed by atoms with Crippen molar-refractivity contribution in [3.05, 3.63) is 0 Å². The van der Waals surface area contributed by atoms with E-state index in [0.717, 1.165) is 25.6 Å². The van der Waals surface area contributed by atoms with Crippen LogP contribution >= 0.6 is 33.2 Å². The number of hydrogen-bond acceptors (Lipinski definition) is 2. The summed E-state index contributed by atoms with van der Waals surface area (Å²) < 4.78 is 5.57. The van der Waals surface area contributed by atoms with E-state index in [-0.39, 0.29) is 0 Å². The van der Waals surface area contributed by atoms with E-state index in [2.05, 4.69) is 67.7 Å². The molecule has 0 aliphatic heterocycles. The molecule has 0 aliphatic rings. The molecule has 0 aliphatic carbocycles. The average Bonchev–Trinajstić information content (AvgIpc) is 2.19. The molecule has 0 spiro atoms. The quantitative estimate of drug-likeness (QED) is 0.290. The SMILES string of the molecule is C[Si](C)(C)N(CCC[Si](Cl)(Cl)Cl)CCN([Si](C)(C)C)[Si](C)(C)C. The topological polar surface area (TPSA) is 6.48 Å². The van der Waals surface area contributed by atoms with Crippen molar-refractivity contribution in [2.45, 2.75) is 71.4 Å². The number of hydrogen-bond donors (Lipinski definition) is 0. The Labute approximate surface area is 163 Å². The molecule has 0 rings (SSSR count). The molecule has 0 fully saturated rings. The van der Waals surface area contributed by atoms with E-state index in [9.17, 15) is 0 Å². The molecule has 0 aromatic heterocycles. The normalized spacial score (nSPS) is 14.9. The fraction of sp³-hybridized carbons (Fsp3) is 1.00. The van der Waals surface area contributed by atoms with Crippen molar-refractivity contribution in [3.8, 4) is 0 Å². The first kappa shape index (κ1) is 24.7. The number of nitrogens with zero attached hydrogens (tertiary/aromatic N) is 2. The van der Waals surface area contributed by atoms with Crippen molar-refractivity contribution in [1.29, 1.82) is 0 Å². The van der Waals surface area contributed by atoms with Gasteiger partial charge in [-0.1, -0.05) is 58.9 Å². The lowest BCUT2D eigenvalue weighted by Crippen LogP contribution is -2.62. The Morgan fingerprint density at radius 1 is 0.609 bits per heavy atom. The highest BCUT2D eigenvalue weighted by Crippen LogP contribution is 2.27. The zero-order valence-electron chi connectivity index (χ0n) is 16.6. The van der Waals surface area contributed by atoms with Gasteiger partial charge in [0.05, 0.1) is 0 Å². The Morgan fingerprint density at radius 3 is 1.35 bits per heavy atom. The molecule has 0 saturated heterocycles. The van der Waals surface area contributed by atoms with Gasteiger partial charge in [0, 0.05) is 6.54 Å². The molecule has 2 nitrogen and oxygen atoms in total. The molecular weight excluding hydrogens is 415 g/mol. The standard InChI is InChI=1S/C14H37Cl3N2Si4/c1-20(2,3)18(11-10-14-23(15,16)17)12-13-19(21(4,5)6)22(7,8)9/h10-14H2,1-9H3. The molecule has 0 bridgehead atoms. The van der Waals surface area contributed by atoms with Crippen LogP contribution in [-0.4, -0.2) is 59.1 Å². The van der Waals surface area contributed by atoms with Crippen molar-refractivity contribution in [2.24, 2.45) is 0 Å². The van der Waals surface area contributed by atoms with Gasteiger partial charge in [0.1, 0.15) is 24.7 Å². The molecule has 0 atom stereocenters. The molecular formula is C14H37Cl3N2Si4. The Balaban J connectivity index is 4.84. The summed E-state index contributed by atoms with van der Waals surface area (Å²) >= 11 is 18.1. The van der Waals surface area contributed by atoms with Crippen LogP contribution in [0, 0.1) is 0 Å². The van der Waals surface area contributed by atoms with Crippen LogP contribution in [0.4, 0.5) is 0 Å². The van der Waals surface area contributed by atoms with Crippen LogP contribution in [0.1, 0.15) is 6.42 Å². The highest BCUT2D eigenvalue weighted by atomic mass is 35.8. The first-order chi connectivity index (χ1) is 9.94. The van der Waals surface area contributed by atoms with Crippen LogP contribution in [0.15, 0.2) is 0 Å². The fourth-order valence-electron chi connectivity index (χ4n) is 3.15. The average molecular weight is 452 g/mol. The smallest absolute Gasteiger partial charge is 0.341 e. The van der Waals surface area contributed by atoms with Gasteiger partial charge in [0.15, 0.2) is 0 Å². The number of halogens is 3. The van der Waals surface area contributed by atoms with Crippen LogP contribution in [0.2, 0.25) is 65.0 Å². The first-order valence-electron chi connectivity index (χ1n) is 8.54. The lowest BCUT2D eigenvalue weighted by Gasteiger charge is -2.46. The summed E-state index contributed by atoms with van der Waals surface area (Å²) in [5.41, 5.74) is 0. The molecule has 0 aromatic rings. The molecule has 0 aromatic carbocycles. The van der Waals surface area contributed by atoms with Gasteiger partial charge in [0.25, 0.3) is 0 Å². The second kappa shape index (κ2) is 9.04. The lowest BCUT2D eigenvalue weighted by atomic mass is 10.4. The van der Waals surface area contributed by atoms with E-state index >= 15 is 0 Å². The minimum absolute atomic E-state index is 0.768. The minimum atomic E-state index is -2.48. The van der Waals surface area contributed by atoms with E-state index in [1.165, 1.54) is 6.54 Å². The molecule has 0 heterocycles. The van der Waals surface area contributed by atoms with Crippen molar-refractivity contribution in [1.82, 2.24) is 8.80 Å². The number of rotatable bonds is 10. The van der Waals surface area contributed by atoms with Crippen molar-refractivity contribution in [3.63, 3.8) is 0 Å². The van der Waals surface area contributed by atoms with Gasteiger partial charge in [0.2, 0.25) is 0 Å². The monoisotopic (exact) mass is 450 g/mol. The van der Waals surface area contributed by atoms with Gasteiger partial charge in [-0.15, -0.1) is 33.2 Å². The van der Waals surface area contributed by atoms with Gasteiger partial charge in [-0.25, -0.2) is 0 Å². The summed E-state index contributed by atoms with van der Waals surface area (Å²) in [5.74, 6) is 0. The van der Waals surface area contributed by atoms with Crippen LogP contribution in [0.3, 0.4) is 0 Å². The lowest BCUT2D eigenvalue weighted by molar-refractivity contribution is 0.394. The van der Waals surface area contributed by atoms with E-state index in [1.807, 2.05) is 0 Å². The van der Waals surface area contributed by atoms with Crippen molar-refractivity contribution >= 4 is 63.9 Å². The van der Waals surface area contributed by atoms with Gasteiger partial charge >= 0.3 is 6.00 Å². The molecule has 0 saturated carbocycles. The predicted molar refractivity (Wildman–Crippen MR) is 121 cm³/mol. The Kier molecular flexibility index (Phi) is 9.69. The van der Waals surface area contributed by atoms with Gasteiger partial charge in [-0.05, 0) is 25.6 Å². The maximum absolute atomic E-state index is 6.04. The van der Waals surface area contributed by atoms with Crippen molar-refractivity contribution < 1.29 is 0 Å². The van der Waals surface area contributed by atoms with Crippen LogP contribution < -0.4 is 0 Å². The minimum Gasteiger partial charge on any atom is -0.345 e. The van der Waals surface area contributed by atoms with Gasteiger partial charge in [-0.3, -0.25) is 0 Å². The summed E-state index contributed by atoms with van der Waals surface area (Å²) in [7, 11) is -3.91. The summed E-state index contributed by atoms with van der Waals surface area (Å²) in [4.78, 5) is 0. The molecule has 140 valence electrons. The van der Waals surface area contributed by atoms with E-state index in [0.29, 0.717) is 0 Å². The van der Waals surface area contributed by atoms with E-state index < -0.39 is 30.7 Å². The summed E-state index contributed by atoms with van der Waals surface area (Å²) in [6, 6.07) is -1.71. The second-order valence-corrected chi connectivity index (χ2v) is 33.8. The maximum atomic E-state index is 6.04. The largest absolute Gasteiger partial charge is 0.345 e. The highest BCUT2D eigenvalue weighted by molar-refractivity contribution is 7.64. The van der Waals surface area contributed by atoms with Gasteiger partial charge in [-0.2, -0.15) is 0 Å². The molecule has 9 heteroatoms. The first-order valence-corrected chi connectivity index (χ1v) is 24.1. The predicted octanol–water partition coefficient (Wildman–Crippen LogP) is 6.14. The molecule has 0 amide bonds. The third-order valence-corrected chi connectivity index (χ3v) is 16.7. The fourth-order valence-corrected chi connectivity index (χ4v) is 16.1. The molecule has 0 N–H and O–H groups in total. The summed E-state index contributed by atoms with van der Waals surface area (Å²) in [5, 5.41) is 0. The Bertz CT molecular complexity index is 343. The zero-order chi connectivity index (χ0) is 18.7. The Morgan fingerprint density at radius 2 is 1.04 bits per heavy atom. The molecule has 0 unspecified atom stereocenters. The van der Waals surface area contributed by atoms with E-state index in [4.69, 9.17) is 33.2 Å². The van der Waals surface area contributed by atoms with Crippen LogP contribution in [-0.2, 0) is 0 Å².